The van der Waals surface area contributed by atoms with Gasteiger partial charge in [0.15, 0.2) is 6.10 Å². The smallest absolute Gasteiger partial charge is 0.306 e. The summed E-state index contributed by atoms with van der Waals surface area (Å²) in [6.07, 6.45) is 1.25. The van der Waals surface area contributed by atoms with E-state index in [9.17, 15) is 4.79 Å². The number of esters is 1. The summed E-state index contributed by atoms with van der Waals surface area (Å²) in [5.74, 6) is 0.498. The van der Waals surface area contributed by atoms with E-state index in [4.69, 9.17) is 9.47 Å². The minimum atomic E-state index is -0.428. The molecule has 1 rings (SSSR count). The minimum Gasteiger partial charge on any atom is -0.487 e. The molecule has 0 aromatic heterocycles. The average Bonchev–Trinajstić information content (AvgIpc) is 2.36. The van der Waals surface area contributed by atoms with E-state index in [0.29, 0.717) is 6.42 Å². The summed E-state index contributed by atoms with van der Waals surface area (Å²) in [6.45, 7) is 7.26. The lowest BCUT2D eigenvalue weighted by atomic mass is 10.2. The summed E-state index contributed by atoms with van der Waals surface area (Å²) in [7, 11) is 0. The highest BCUT2D eigenvalue weighted by molar-refractivity contribution is 5.69. The van der Waals surface area contributed by atoms with E-state index < -0.39 is 6.10 Å². The molecule has 92 valence electrons. The van der Waals surface area contributed by atoms with Gasteiger partial charge in [-0.2, -0.15) is 0 Å². The van der Waals surface area contributed by atoms with Gasteiger partial charge in [0, 0.05) is 6.42 Å². The van der Waals surface area contributed by atoms with Crippen LogP contribution in [0.1, 0.15) is 20.3 Å². The molecule has 1 aromatic carbocycles. The van der Waals surface area contributed by atoms with Gasteiger partial charge in [0.05, 0.1) is 0 Å². The molecule has 17 heavy (non-hydrogen) atoms. The largest absolute Gasteiger partial charge is 0.487 e. The number of rotatable bonds is 6. The molecule has 0 saturated carbocycles. The molecule has 0 aliphatic heterocycles. The molecule has 0 amide bonds. The monoisotopic (exact) mass is 234 g/mol. The molecule has 0 spiro atoms. The molecule has 3 heteroatoms. The van der Waals surface area contributed by atoms with Crippen LogP contribution in [0.15, 0.2) is 43.0 Å². The predicted molar refractivity (Wildman–Crippen MR) is 66.9 cm³/mol. The van der Waals surface area contributed by atoms with Gasteiger partial charge < -0.3 is 9.47 Å². The first-order valence-corrected chi connectivity index (χ1v) is 5.71. The van der Waals surface area contributed by atoms with Crippen molar-refractivity contribution < 1.29 is 14.3 Å². The van der Waals surface area contributed by atoms with Crippen LogP contribution in [0.4, 0.5) is 0 Å². The predicted octanol–water partition coefficient (Wildman–Crippen LogP) is 2.96. The summed E-state index contributed by atoms with van der Waals surface area (Å²) < 4.78 is 10.9. The Morgan fingerprint density at radius 3 is 2.59 bits per heavy atom. The molecule has 1 aromatic rings. The Morgan fingerprint density at radius 2 is 2.06 bits per heavy atom. The van der Waals surface area contributed by atoms with E-state index >= 15 is 0 Å². The number of carbonyl (C=O) groups is 1. The standard InChI is InChI=1S/C14H18O3/c1-4-13(17-14(15)5-2)11(3)16-12-9-7-6-8-10-12/h4,6-11,13H,1,5H2,2-3H3. The molecule has 2 unspecified atom stereocenters. The van der Waals surface area contributed by atoms with Gasteiger partial charge in [0.1, 0.15) is 11.9 Å². The lowest BCUT2D eigenvalue weighted by Crippen LogP contribution is -2.31. The Hall–Kier alpha value is -1.77. The molecule has 0 bridgehead atoms. The van der Waals surface area contributed by atoms with Crippen LogP contribution in [0.5, 0.6) is 5.75 Å². The normalized spacial score (nSPS) is 13.5. The van der Waals surface area contributed by atoms with Crippen LogP contribution >= 0.6 is 0 Å². The van der Waals surface area contributed by atoms with Gasteiger partial charge in [-0.3, -0.25) is 4.79 Å². The Balaban J connectivity index is 2.58. The summed E-state index contributed by atoms with van der Waals surface area (Å²) in [5, 5.41) is 0. The quantitative estimate of drug-likeness (QED) is 0.560. The van der Waals surface area contributed by atoms with E-state index in [1.165, 1.54) is 0 Å². The van der Waals surface area contributed by atoms with Crippen LogP contribution in [0.25, 0.3) is 0 Å². The fraction of sp³-hybridized carbons (Fsp3) is 0.357. The van der Waals surface area contributed by atoms with E-state index in [1.807, 2.05) is 37.3 Å². The van der Waals surface area contributed by atoms with E-state index in [1.54, 1.807) is 13.0 Å². The molecule has 3 nitrogen and oxygen atoms in total. The summed E-state index contributed by atoms with van der Waals surface area (Å²) >= 11 is 0. The van der Waals surface area contributed by atoms with Crippen molar-refractivity contribution in [1.29, 1.82) is 0 Å². The maximum atomic E-state index is 11.2. The molecule has 0 heterocycles. The van der Waals surface area contributed by atoms with Crippen molar-refractivity contribution in [1.82, 2.24) is 0 Å². The van der Waals surface area contributed by atoms with Gasteiger partial charge in [-0.05, 0) is 25.1 Å². The average molecular weight is 234 g/mol. The maximum absolute atomic E-state index is 11.2. The van der Waals surface area contributed by atoms with Crippen LogP contribution in [0.3, 0.4) is 0 Å². The van der Waals surface area contributed by atoms with Gasteiger partial charge in [-0.25, -0.2) is 0 Å². The van der Waals surface area contributed by atoms with Crippen LogP contribution in [0, 0.1) is 0 Å². The van der Waals surface area contributed by atoms with E-state index in [-0.39, 0.29) is 12.1 Å². The van der Waals surface area contributed by atoms with Gasteiger partial charge in [0.2, 0.25) is 0 Å². The Kier molecular flexibility index (Phi) is 5.27. The second-order valence-electron chi connectivity index (χ2n) is 3.68. The first kappa shape index (κ1) is 13.3. The number of benzene rings is 1. The Bertz CT molecular complexity index is 359. The molecule has 0 N–H and O–H groups in total. The summed E-state index contributed by atoms with van der Waals surface area (Å²) in [4.78, 5) is 11.2. The van der Waals surface area contributed by atoms with Gasteiger partial charge in [-0.1, -0.05) is 31.7 Å². The topological polar surface area (TPSA) is 35.5 Å². The van der Waals surface area contributed by atoms with Crippen LogP contribution in [-0.2, 0) is 9.53 Å². The van der Waals surface area contributed by atoms with E-state index in [2.05, 4.69) is 6.58 Å². The van der Waals surface area contributed by atoms with Gasteiger partial charge >= 0.3 is 5.97 Å². The zero-order valence-corrected chi connectivity index (χ0v) is 10.3. The van der Waals surface area contributed by atoms with Gasteiger partial charge in [-0.15, -0.1) is 0 Å². The number of para-hydroxylation sites is 1. The molecular formula is C14H18O3. The SMILES string of the molecule is C=CC(OC(=O)CC)C(C)Oc1ccccc1. The number of ether oxygens (including phenoxy) is 2. The van der Waals surface area contributed by atoms with E-state index in [0.717, 1.165) is 5.75 Å². The van der Waals surface area contributed by atoms with Crippen LogP contribution in [0.2, 0.25) is 0 Å². The number of carbonyl (C=O) groups excluding carboxylic acids is 1. The Labute approximate surface area is 102 Å². The zero-order valence-electron chi connectivity index (χ0n) is 10.3. The Morgan fingerprint density at radius 1 is 1.41 bits per heavy atom. The van der Waals surface area contributed by atoms with Gasteiger partial charge in [0.25, 0.3) is 0 Å². The van der Waals surface area contributed by atoms with Crippen molar-refractivity contribution in [2.24, 2.45) is 0 Å². The molecule has 0 aliphatic rings. The summed E-state index contributed by atoms with van der Waals surface area (Å²) in [5.41, 5.74) is 0. The van der Waals surface area contributed by atoms with Crippen molar-refractivity contribution in [2.75, 3.05) is 0 Å². The third kappa shape index (κ3) is 4.31. The fourth-order valence-corrected chi connectivity index (χ4v) is 1.35. The maximum Gasteiger partial charge on any atom is 0.306 e. The highest BCUT2D eigenvalue weighted by atomic mass is 16.6. The lowest BCUT2D eigenvalue weighted by molar-refractivity contribution is -0.149. The second-order valence-corrected chi connectivity index (χ2v) is 3.68. The fourth-order valence-electron chi connectivity index (χ4n) is 1.35. The van der Waals surface area contributed by atoms with Crippen molar-refractivity contribution in [2.45, 2.75) is 32.5 Å². The third-order valence-corrected chi connectivity index (χ3v) is 2.32. The van der Waals surface area contributed by atoms with Crippen molar-refractivity contribution >= 4 is 5.97 Å². The number of hydrogen-bond donors (Lipinski definition) is 0. The van der Waals surface area contributed by atoms with Crippen LogP contribution in [-0.4, -0.2) is 18.2 Å². The van der Waals surface area contributed by atoms with Crippen molar-refractivity contribution in [3.8, 4) is 5.75 Å². The van der Waals surface area contributed by atoms with Crippen LogP contribution < -0.4 is 4.74 Å². The summed E-state index contributed by atoms with van der Waals surface area (Å²) in [6, 6.07) is 9.42. The minimum absolute atomic E-state index is 0.251. The van der Waals surface area contributed by atoms with Crippen molar-refractivity contribution in [3.63, 3.8) is 0 Å². The highest BCUT2D eigenvalue weighted by Gasteiger charge is 2.19. The highest BCUT2D eigenvalue weighted by Crippen LogP contribution is 2.14. The molecule has 0 aliphatic carbocycles. The number of hydrogen-bond acceptors (Lipinski definition) is 3. The molecular weight excluding hydrogens is 216 g/mol. The third-order valence-electron chi connectivity index (χ3n) is 2.32. The molecule has 2 atom stereocenters. The first-order chi connectivity index (χ1) is 8.17. The second kappa shape index (κ2) is 6.74. The molecule has 0 radical (unpaired) electrons. The van der Waals surface area contributed by atoms with Crippen molar-refractivity contribution in [3.05, 3.63) is 43.0 Å². The zero-order chi connectivity index (χ0) is 12.7. The molecule has 0 fully saturated rings. The lowest BCUT2D eigenvalue weighted by Gasteiger charge is -2.22. The first-order valence-electron chi connectivity index (χ1n) is 5.71. The molecule has 0 saturated heterocycles.